The second kappa shape index (κ2) is 5.36. The Morgan fingerprint density at radius 1 is 1.56 bits per heavy atom. The van der Waals surface area contributed by atoms with E-state index >= 15 is 0 Å². The number of primary amides is 1. The number of nitrogens with two attached hydrogens (primary N) is 1. The molecule has 0 aliphatic carbocycles. The molecule has 0 spiro atoms. The summed E-state index contributed by atoms with van der Waals surface area (Å²) >= 11 is 1.36. The summed E-state index contributed by atoms with van der Waals surface area (Å²) in [4.78, 5) is 33.2. The summed E-state index contributed by atoms with van der Waals surface area (Å²) in [6, 6.07) is 3.53. The number of nitrogens with zero attached hydrogens (tertiary/aromatic N) is 1. The fraction of sp³-hybridized carbons (Fsp3) is 0.333. The van der Waals surface area contributed by atoms with Gasteiger partial charge >= 0.3 is 6.09 Å². The zero-order chi connectivity index (χ0) is 12.1. The van der Waals surface area contributed by atoms with Gasteiger partial charge in [0.15, 0.2) is 0 Å². The van der Waals surface area contributed by atoms with Crippen molar-refractivity contribution in [3.8, 4) is 0 Å². The number of rotatable bonds is 4. The highest BCUT2D eigenvalue weighted by molar-refractivity contribution is 7.12. The van der Waals surface area contributed by atoms with Crippen LogP contribution in [0.2, 0.25) is 0 Å². The van der Waals surface area contributed by atoms with Crippen molar-refractivity contribution in [2.45, 2.75) is 19.4 Å². The number of thiophene rings is 1. The van der Waals surface area contributed by atoms with Crippen LogP contribution in [0.15, 0.2) is 17.3 Å². The van der Waals surface area contributed by atoms with Gasteiger partial charge in [0.2, 0.25) is 0 Å². The number of amides is 2. The summed E-state index contributed by atoms with van der Waals surface area (Å²) < 4.78 is 4.75. The summed E-state index contributed by atoms with van der Waals surface area (Å²) in [5.41, 5.74) is 4.88. The molecule has 2 amide bonds. The normalized spacial score (nSPS) is 11.8. The van der Waals surface area contributed by atoms with E-state index < -0.39 is 18.1 Å². The first-order valence-electron chi connectivity index (χ1n) is 4.41. The van der Waals surface area contributed by atoms with Crippen molar-refractivity contribution in [1.82, 2.24) is 0 Å². The lowest BCUT2D eigenvalue weighted by atomic mass is 10.2. The van der Waals surface area contributed by atoms with Gasteiger partial charge in [0.25, 0.3) is 5.91 Å². The molecule has 6 nitrogen and oxygen atoms in total. The van der Waals surface area contributed by atoms with Gasteiger partial charge in [-0.25, -0.2) is 4.79 Å². The van der Waals surface area contributed by atoms with Crippen LogP contribution in [0.3, 0.4) is 0 Å². The third-order valence-electron chi connectivity index (χ3n) is 1.80. The smallest absolute Gasteiger partial charge is 0.405 e. The highest BCUT2D eigenvalue weighted by Crippen LogP contribution is 2.28. The van der Waals surface area contributed by atoms with Crippen molar-refractivity contribution in [3.05, 3.63) is 26.8 Å². The molecule has 0 radical (unpaired) electrons. The summed E-state index contributed by atoms with van der Waals surface area (Å²) in [5, 5.41) is 2.25. The van der Waals surface area contributed by atoms with Crippen molar-refractivity contribution in [3.63, 3.8) is 0 Å². The second-order valence-corrected chi connectivity index (χ2v) is 4.38. The topological polar surface area (TPSA) is 98.8 Å². The molecule has 1 heterocycles. The predicted octanol–water partition coefficient (Wildman–Crippen LogP) is 1.88. The van der Waals surface area contributed by atoms with Crippen LogP contribution in [0, 0.1) is 11.8 Å². The third-order valence-corrected chi connectivity index (χ3v) is 2.89. The first kappa shape index (κ1) is 12.3. The van der Waals surface area contributed by atoms with Gasteiger partial charge in [0.05, 0.1) is 6.42 Å². The fourth-order valence-corrected chi connectivity index (χ4v) is 2.07. The Bertz CT molecular complexity index is 415. The van der Waals surface area contributed by atoms with E-state index in [9.17, 15) is 14.5 Å². The highest BCUT2D eigenvalue weighted by atomic mass is 32.1. The molecular formula is C9H10N2O4S. The van der Waals surface area contributed by atoms with Crippen molar-refractivity contribution >= 4 is 23.3 Å². The van der Waals surface area contributed by atoms with Crippen LogP contribution in [-0.2, 0) is 9.53 Å². The molecule has 0 aromatic carbocycles. The molecule has 0 saturated carbocycles. The average molecular weight is 242 g/mol. The van der Waals surface area contributed by atoms with E-state index in [1.807, 2.05) is 13.0 Å². The Labute approximate surface area is 95.4 Å². The van der Waals surface area contributed by atoms with Gasteiger partial charge in [-0.05, 0) is 19.1 Å². The number of aryl methyl sites for hydroxylation is 1. The van der Waals surface area contributed by atoms with E-state index in [1.165, 1.54) is 11.3 Å². The minimum Gasteiger partial charge on any atom is -0.440 e. The molecule has 0 aliphatic rings. The van der Waals surface area contributed by atoms with Gasteiger partial charge in [-0.1, -0.05) is 0 Å². The molecule has 1 unspecified atom stereocenters. The lowest BCUT2D eigenvalue weighted by molar-refractivity contribution is -0.119. The van der Waals surface area contributed by atoms with Gasteiger partial charge in [0.1, 0.15) is 6.10 Å². The molecule has 0 saturated heterocycles. The minimum atomic E-state index is -0.991. The van der Waals surface area contributed by atoms with Gasteiger partial charge in [0, 0.05) is 14.9 Å². The van der Waals surface area contributed by atoms with E-state index in [1.54, 1.807) is 6.07 Å². The number of hydrogen-bond acceptors (Lipinski definition) is 5. The summed E-state index contributed by atoms with van der Waals surface area (Å²) in [6.45, 7) is 1.87. The molecule has 0 bridgehead atoms. The lowest BCUT2D eigenvalue weighted by Crippen LogP contribution is -2.18. The maximum absolute atomic E-state index is 10.9. The summed E-state index contributed by atoms with van der Waals surface area (Å²) in [6.07, 6.45) is -2.11. The zero-order valence-electron chi connectivity index (χ0n) is 8.50. The van der Waals surface area contributed by atoms with Crippen molar-refractivity contribution in [1.29, 1.82) is 0 Å². The Kier molecular flexibility index (Phi) is 4.12. The Hall–Kier alpha value is -1.76. The molecule has 1 aromatic heterocycles. The van der Waals surface area contributed by atoms with Crippen molar-refractivity contribution in [2.75, 3.05) is 0 Å². The third kappa shape index (κ3) is 3.43. The molecule has 1 atom stereocenters. The largest absolute Gasteiger partial charge is 0.440 e. The molecular weight excluding hydrogens is 232 g/mol. The SMILES string of the molecule is Cc1ccc(C(CC(=O)N=O)OC(N)=O)s1. The molecule has 7 heteroatoms. The van der Waals surface area contributed by atoms with Crippen LogP contribution >= 0.6 is 11.3 Å². The summed E-state index contributed by atoms with van der Waals surface area (Å²) in [5.74, 6) is -0.877. The van der Waals surface area contributed by atoms with Crippen LogP contribution in [-0.4, -0.2) is 12.0 Å². The van der Waals surface area contributed by atoms with Crippen LogP contribution in [0.25, 0.3) is 0 Å². The Morgan fingerprint density at radius 3 is 2.69 bits per heavy atom. The quantitative estimate of drug-likeness (QED) is 0.814. The van der Waals surface area contributed by atoms with Gasteiger partial charge in [-0.3, -0.25) is 4.79 Å². The molecule has 0 aliphatic heterocycles. The van der Waals surface area contributed by atoms with E-state index in [-0.39, 0.29) is 6.42 Å². The highest BCUT2D eigenvalue weighted by Gasteiger charge is 2.21. The van der Waals surface area contributed by atoms with Crippen molar-refractivity contribution < 1.29 is 14.3 Å². The minimum absolute atomic E-state index is 0.285. The van der Waals surface area contributed by atoms with Crippen LogP contribution in [0.5, 0.6) is 0 Å². The Balaban J connectivity index is 2.82. The lowest BCUT2D eigenvalue weighted by Gasteiger charge is -2.12. The zero-order valence-corrected chi connectivity index (χ0v) is 9.32. The monoisotopic (exact) mass is 242 g/mol. The number of carbonyl (C=O) groups is 2. The van der Waals surface area contributed by atoms with Gasteiger partial charge in [-0.2, -0.15) is 0 Å². The van der Waals surface area contributed by atoms with Crippen LogP contribution in [0.1, 0.15) is 22.3 Å². The summed E-state index contributed by atoms with van der Waals surface area (Å²) in [7, 11) is 0. The Morgan fingerprint density at radius 2 is 2.25 bits per heavy atom. The average Bonchev–Trinajstić information content (AvgIpc) is 2.63. The standard InChI is InChI=1S/C9H10N2O4S/c1-5-2-3-7(16-5)6(15-9(10)13)4-8(12)11-14/h2-3,6H,4H2,1H3,(H2,10,13). The maximum atomic E-state index is 10.9. The fourth-order valence-electron chi connectivity index (χ4n) is 1.16. The predicted molar refractivity (Wildman–Crippen MR) is 57.9 cm³/mol. The second-order valence-electron chi connectivity index (χ2n) is 3.06. The molecule has 2 N–H and O–H groups in total. The first-order valence-corrected chi connectivity index (χ1v) is 5.23. The van der Waals surface area contributed by atoms with Crippen LogP contribution < -0.4 is 5.73 Å². The van der Waals surface area contributed by atoms with Crippen LogP contribution in [0.4, 0.5) is 4.79 Å². The maximum Gasteiger partial charge on any atom is 0.405 e. The number of nitroso groups, excluding NO2 is 1. The van der Waals surface area contributed by atoms with Crippen molar-refractivity contribution in [2.24, 2.45) is 10.9 Å². The van der Waals surface area contributed by atoms with E-state index in [0.29, 0.717) is 4.88 Å². The number of hydrogen-bond donors (Lipinski definition) is 1. The molecule has 0 fully saturated rings. The first-order chi connectivity index (χ1) is 7.52. The van der Waals surface area contributed by atoms with Gasteiger partial charge < -0.3 is 10.5 Å². The van der Waals surface area contributed by atoms with E-state index in [0.717, 1.165) is 4.88 Å². The molecule has 1 aromatic rings. The number of carbonyl (C=O) groups excluding carboxylic acids is 2. The molecule has 16 heavy (non-hydrogen) atoms. The van der Waals surface area contributed by atoms with Gasteiger partial charge in [-0.15, -0.1) is 16.2 Å². The molecule has 86 valence electrons. The molecule has 1 rings (SSSR count). The van der Waals surface area contributed by atoms with E-state index in [2.05, 4.69) is 5.18 Å². The number of ether oxygens (including phenoxy) is 1. The van der Waals surface area contributed by atoms with E-state index in [4.69, 9.17) is 10.5 Å².